The van der Waals surface area contributed by atoms with E-state index in [1.165, 1.54) is 12.5 Å². The number of urea groups is 1. The summed E-state index contributed by atoms with van der Waals surface area (Å²) < 4.78 is 16.8. The van der Waals surface area contributed by atoms with Crippen molar-refractivity contribution in [1.82, 2.24) is 10.2 Å². The molecule has 0 saturated carbocycles. The molecule has 0 aliphatic carbocycles. The van der Waals surface area contributed by atoms with Crippen molar-refractivity contribution in [3.63, 3.8) is 0 Å². The summed E-state index contributed by atoms with van der Waals surface area (Å²) in [5.74, 6) is 1.21. The van der Waals surface area contributed by atoms with Crippen molar-refractivity contribution in [2.45, 2.75) is 18.9 Å². The third-order valence-corrected chi connectivity index (χ3v) is 5.42. The van der Waals surface area contributed by atoms with Crippen LogP contribution in [0.25, 0.3) is 0 Å². The Morgan fingerprint density at radius 2 is 1.82 bits per heavy atom. The highest BCUT2D eigenvalue weighted by molar-refractivity contribution is 9.10. The summed E-state index contributed by atoms with van der Waals surface area (Å²) in [5.41, 5.74) is 1.15. The number of halogens is 1. The number of piperidine rings is 1. The van der Waals surface area contributed by atoms with Crippen molar-refractivity contribution in [1.29, 1.82) is 0 Å². The second-order valence-corrected chi connectivity index (χ2v) is 7.51. The predicted octanol–water partition coefficient (Wildman–Crippen LogP) is 3.24. The van der Waals surface area contributed by atoms with E-state index in [4.69, 9.17) is 13.9 Å². The smallest absolute Gasteiger partial charge is 0.319 e. The molecule has 3 heterocycles. The first-order valence-electron chi connectivity index (χ1n) is 9.08. The Bertz CT molecular complexity index is 863. The van der Waals surface area contributed by atoms with E-state index in [0.29, 0.717) is 66.4 Å². The Balaban J connectivity index is 1.30. The second-order valence-electron chi connectivity index (χ2n) is 6.65. The summed E-state index contributed by atoms with van der Waals surface area (Å²) in [6.45, 7) is 2.16. The van der Waals surface area contributed by atoms with E-state index < -0.39 is 0 Å². The number of hydrogen-bond donors (Lipinski definition) is 2. The molecule has 2 aliphatic rings. The minimum absolute atomic E-state index is 0.00406. The number of amides is 3. The van der Waals surface area contributed by atoms with Gasteiger partial charge in [-0.3, -0.25) is 4.79 Å². The number of carbonyl (C=O) groups excluding carboxylic acids is 2. The van der Waals surface area contributed by atoms with Gasteiger partial charge in [-0.2, -0.15) is 0 Å². The van der Waals surface area contributed by atoms with Gasteiger partial charge < -0.3 is 29.4 Å². The van der Waals surface area contributed by atoms with Gasteiger partial charge in [0.15, 0.2) is 11.5 Å². The first kappa shape index (κ1) is 18.7. The quantitative estimate of drug-likeness (QED) is 0.749. The van der Waals surface area contributed by atoms with Crippen LogP contribution in [0.2, 0.25) is 0 Å². The van der Waals surface area contributed by atoms with Gasteiger partial charge in [-0.05, 0) is 34.8 Å². The van der Waals surface area contributed by atoms with E-state index in [0.717, 1.165) is 0 Å². The van der Waals surface area contributed by atoms with E-state index in [-0.39, 0.29) is 18.0 Å². The number of furan rings is 1. The van der Waals surface area contributed by atoms with Crippen LogP contribution in [0.4, 0.5) is 10.5 Å². The van der Waals surface area contributed by atoms with Gasteiger partial charge in [0.1, 0.15) is 19.5 Å². The third kappa shape index (κ3) is 4.09. The van der Waals surface area contributed by atoms with Crippen LogP contribution in [0.1, 0.15) is 23.2 Å². The lowest BCUT2D eigenvalue weighted by molar-refractivity contribution is 0.0708. The molecule has 1 saturated heterocycles. The Morgan fingerprint density at radius 3 is 2.50 bits per heavy atom. The van der Waals surface area contributed by atoms with Crippen LogP contribution in [0, 0.1) is 0 Å². The van der Waals surface area contributed by atoms with Crippen LogP contribution < -0.4 is 20.1 Å². The SMILES string of the molecule is O=C(Nc1cc2c(cc1Br)OCCO2)NC1CCN(C(=O)c2ccoc2)CC1. The lowest BCUT2D eigenvalue weighted by Gasteiger charge is -2.32. The summed E-state index contributed by atoms with van der Waals surface area (Å²) in [6, 6.07) is 4.89. The lowest BCUT2D eigenvalue weighted by atomic mass is 10.0. The summed E-state index contributed by atoms with van der Waals surface area (Å²) in [6.07, 6.45) is 4.33. The molecule has 148 valence electrons. The maximum absolute atomic E-state index is 12.4. The molecule has 1 aromatic heterocycles. The molecule has 2 aromatic rings. The number of likely N-dealkylation sites (tertiary alicyclic amines) is 1. The number of benzene rings is 1. The maximum atomic E-state index is 12.4. The average Bonchev–Trinajstić information content (AvgIpc) is 3.23. The number of fused-ring (bicyclic) bond motifs is 1. The number of carbonyl (C=O) groups is 2. The Kier molecular flexibility index (Phi) is 5.43. The van der Waals surface area contributed by atoms with Crippen molar-refractivity contribution in [3.8, 4) is 11.5 Å². The normalized spacial score (nSPS) is 16.5. The molecule has 0 bridgehead atoms. The highest BCUT2D eigenvalue weighted by Crippen LogP contribution is 2.38. The van der Waals surface area contributed by atoms with E-state index in [2.05, 4.69) is 26.6 Å². The fraction of sp³-hybridized carbons (Fsp3) is 0.368. The third-order valence-electron chi connectivity index (χ3n) is 4.77. The van der Waals surface area contributed by atoms with Crippen molar-refractivity contribution < 1.29 is 23.5 Å². The summed E-state index contributed by atoms with van der Waals surface area (Å²) in [4.78, 5) is 26.5. The molecule has 8 nitrogen and oxygen atoms in total. The van der Waals surface area contributed by atoms with Gasteiger partial charge in [0.2, 0.25) is 0 Å². The van der Waals surface area contributed by atoms with Gasteiger partial charge >= 0.3 is 6.03 Å². The number of anilines is 1. The summed E-state index contributed by atoms with van der Waals surface area (Å²) >= 11 is 3.44. The van der Waals surface area contributed by atoms with Crippen LogP contribution in [-0.4, -0.2) is 49.2 Å². The lowest BCUT2D eigenvalue weighted by Crippen LogP contribution is -2.47. The molecule has 1 fully saturated rings. The Labute approximate surface area is 170 Å². The molecule has 3 amide bonds. The van der Waals surface area contributed by atoms with E-state index in [9.17, 15) is 9.59 Å². The van der Waals surface area contributed by atoms with Crippen LogP contribution in [0.5, 0.6) is 11.5 Å². The first-order chi connectivity index (χ1) is 13.6. The summed E-state index contributed by atoms with van der Waals surface area (Å²) in [7, 11) is 0. The topological polar surface area (TPSA) is 93.0 Å². The second kappa shape index (κ2) is 8.14. The van der Waals surface area contributed by atoms with Crippen LogP contribution >= 0.6 is 15.9 Å². The van der Waals surface area contributed by atoms with Gasteiger partial charge in [0, 0.05) is 35.7 Å². The van der Waals surface area contributed by atoms with Gasteiger partial charge in [-0.15, -0.1) is 0 Å². The monoisotopic (exact) mass is 449 g/mol. The molecule has 2 aliphatic heterocycles. The molecule has 0 unspecified atom stereocenters. The molecule has 0 atom stereocenters. The molecule has 0 radical (unpaired) electrons. The molecule has 28 heavy (non-hydrogen) atoms. The fourth-order valence-corrected chi connectivity index (χ4v) is 3.72. The van der Waals surface area contributed by atoms with E-state index in [1.54, 1.807) is 23.1 Å². The van der Waals surface area contributed by atoms with Gasteiger partial charge in [0.25, 0.3) is 5.91 Å². The van der Waals surface area contributed by atoms with Gasteiger partial charge in [0.05, 0.1) is 17.5 Å². The van der Waals surface area contributed by atoms with Crippen LogP contribution in [0.15, 0.2) is 39.6 Å². The van der Waals surface area contributed by atoms with Crippen molar-refractivity contribution in [3.05, 3.63) is 40.8 Å². The van der Waals surface area contributed by atoms with Crippen LogP contribution in [-0.2, 0) is 0 Å². The molecule has 0 spiro atoms. The van der Waals surface area contributed by atoms with Crippen LogP contribution in [0.3, 0.4) is 0 Å². The zero-order valence-corrected chi connectivity index (χ0v) is 16.7. The minimum Gasteiger partial charge on any atom is -0.486 e. The molecule has 4 rings (SSSR count). The highest BCUT2D eigenvalue weighted by Gasteiger charge is 2.25. The molecule has 2 N–H and O–H groups in total. The van der Waals surface area contributed by atoms with Crippen molar-refractivity contribution >= 4 is 33.6 Å². The number of nitrogens with zero attached hydrogens (tertiary/aromatic N) is 1. The molecule has 1 aromatic carbocycles. The fourth-order valence-electron chi connectivity index (χ4n) is 3.30. The number of hydrogen-bond acceptors (Lipinski definition) is 5. The summed E-state index contributed by atoms with van der Waals surface area (Å²) in [5, 5.41) is 5.81. The first-order valence-corrected chi connectivity index (χ1v) is 9.87. The number of ether oxygens (including phenoxy) is 2. The highest BCUT2D eigenvalue weighted by atomic mass is 79.9. The molecular formula is C19H20BrN3O5. The van der Waals surface area contributed by atoms with E-state index in [1.807, 2.05) is 0 Å². The minimum atomic E-state index is -0.294. The number of nitrogens with one attached hydrogen (secondary N) is 2. The average molecular weight is 450 g/mol. The van der Waals surface area contributed by atoms with E-state index >= 15 is 0 Å². The van der Waals surface area contributed by atoms with Crippen molar-refractivity contribution in [2.75, 3.05) is 31.6 Å². The molecule has 9 heteroatoms. The molecular weight excluding hydrogens is 430 g/mol. The van der Waals surface area contributed by atoms with Gasteiger partial charge in [-0.1, -0.05) is 0 Å². The largest absolute Gasteiger partial charge is 0.486 e. The number of rotatable bonds is 3. The zero-order valence-electron chi connectivity index (χ0n) is 15.1. The van der Waals surface area contributed by atoms with Crippen molar-refractivity contribution in [2.24, 2.45) is 0 Å². The standard InChI is InChI=1S/C19H20BrN3O5/c20-14-9-16-17(28-8-7-27-16)10-15(14)22-19(25)21-13-1-4-23(5-2-13)18(24)12-3-6-26-11-12/h3,6,9-11,13H,1-2,4-5,7-8H2,(H2,21,22,25). The van der Waals surface area contributed by atoms with Gasteiger partial charge in [-0.25, -0.2) is 4.79 Å². The Hall–Kier alpha value is -2.68. The predicted molar refractivity (Wildman–Crippen MR) is 105 cm³/mol. The maximum Gasteiger partial charge on any atom is 0.319 e. The Morgan fingerprint density at radius 1 is 1.11 bits per heavy atom. The zero-order chi connectivity index (χ0) is 19.5.